The summed E-state index contributed by atoms with van der Waals surface area (Å²) in [6.45, 7) is 5.50. The van der Waals surface area contributed by atoms with Crippen molar-refractivity contribution < 1.29 is 9.21 Å². The van der Waals surface area contributed by atoms with Gasteiger partial charge in [-0.25, -0.2) is 0 Å². The van der Waals surface area contributed by atoms with Gasteiger partial charge in [-0.3, -0.25) is 4.79 Å². The number of hydrogen-bond acceptors (Lipinski definition) is 3. The molecule has 1 N–H and O–H groups in total. The molecule has 0 bridgehead atoms. The summed E-state index contributed by atoms with van der Waals surface area (Å²) in [5.41, 5.74) is 0.426. The lowest BCUT2D eigenvalue weighted by Gasteiger charge is -2.32. The first-order chi connectivity index (χ1) is 9.20. The summed E-state index contributed by atoms with van der Waals surface area (Å²) in [5.74, 6) is -0.134. The molecule has 0 atom stereocenters. The van der Waals surface area contributed by atoms with Crippen LogP contribution < -0.4 is 5.32 Å². The average Bonchev–Trinajstić information content (AvgIpc) is 2.84. The van der Waals surface area contributed by atoms with Crippen molar-refractivity contribution in [2.24, 2.45) is 0 Å². The fourth-order valence-electron chi connectivity index (χ4n) is 2.40. The fourth-order valence-corrected chi connectivity index (χ4v) is 2.60. The summed E-state index contributed by atoms with van der Waals surface area (Å²) in [6, 6.07) is 1.85. The van der Waals surface area contributed by atoms with Crippen molar-refractivity contribution in [1.29, 1.82) is 0 Å². The molecule has 1 aliphatic rings. The Kier molecular flexibility index (Phi) is 5.28. The molecule has 0 aromatic carbocycles. The first-order valence-electron chi connectivity index (χ1n) is 6.97. The lowest BCUT2D eigenvalue weighted by Crippen LogP contribution is -2.44. The average molecular weight is 285 g/mol. The van der Waals surface area contributed by atoms with Crippen molar-refractivity contribution in [3.8, 4) is 0 Å². The number of piperidine rings is 1. The van der Waals surface area contributed by atoms with Gasteiger partial charge in [0.25, 0.3) is 5.91 Å². The molecule has 0 radical (unpaired) electrons. The molecule has 4 nitrogen and oxygen atoms in total. The van der Waals surface area contributed by atoms with Crippen molar-refractivity contribution >= 4 is 17.5 Å². The number of hydrogen-bond donors (Lipinski definition) is 1. The molecule has 1 aliphatic heterocycles. The van der Waals surface area contributed by atoms with Crippen LogP contribution in [-0.2, 0) is 0 Å². The molecule has 1 fully saturated rings. The molecule has 1 amide bonds. The highest BCUT2D eigenvalue weighted by molar-refractivity contribution is 6.32. The predicted molar refractivity (Wildman–Crippen MR) is 75.6 cm³/mol. The van der Waals surface area contributed by atoms with E-state index in [1.807, 2.05) is 0 Å². The monoisotopic (exact) mass is 284 g/mol. The van der Waals surface area contributed by atoms with E-state index in [-0.39, 0.29) is 17.2 Å². The van der Waals surface area contributed by atoms with Gasteiger partial charge in [-0.1, -0.05) is 13.3 Å². The summed E-state index contributed by atoms with van der Waals surface area (Å²) in [4.78, 5) is 14.4. The first kappa shape index (κ1) is 14.4. The Morgan fingerprint density at radius 3 is 2.84 bits per heavy atom. The van der Waals surface area contributed by atoms with E-state index in [4.69, 9.17) is 16.0 Å². The summed E-state index contributed by atoms with van der Waals surface area (Å²) < 4.78 is 4.93. The van der Waals surface area contributed by atoms with Gasteiger partial charge in [0.15, 0.2) is 0 Å². The molecular formula is C14H21ClN2O2. The van der Waals surface area contributed by atoms with Crippen molar-refractivity contribution in [2.75, 3.05) is 19.6 Å². The molecule has 2 heterocycles. The van der Waals surface area contributed by atoms with Crippen LogP contribution in [0.2, 0.25) is 5.22 Å². The van der Waals surface area contributed by atoms with Gasteiger partial charge in [0.2, 0.25) is 5.22 Å². The number of amides is 1. The van der Waals surface area contributed by atoms with E-state index in [0.717, 1.165) is 25.9 Å². The normalized spacial score (nSPS) is 17.6. The smallest absolute Gasteiger partial charge is 0.256 e. The van der Waals surface area contributed by atoms with E-state index in [0.29, 0.717) is 5.56 Å². The summed E-state index contributed by atoms with van der Waals surface area (Å²) in [7, 11) is 0. The minimum atomic E-state index is -0.134. The molecule has 0 spiro atoms. The van der Waals surface area contributed by atoms with Crippen LogP contribution in [0.5, 0.6) is 0 Å². The highest BCUT2D eigenvalue weighted by Crippen LogP contribution is 2.18. The highest BCUT2D eigenvalue weighted by atomic mass is 35.5. The van der Waals surface area contributed by atoms with Gasteiger partial charge < -0.3 is 14.6 Å². The lowest BCUT2D eigenvalue weighted by atomic mass is 10.0. The van der Waals surface area contributed by atoms with Crippen LogP contribution in [0.1, 0.15) is 43.0 Å². The van der Waals surface area contributed by atoms with E-state index in [1.165, 1.54) is 25.6 Å². The summed E-state index contributed by atoms with van der Waals surface area (Å²) >= 11 is 5.80. The van der Waals surface area contributed by atoms with Gasteiger partial charge in [0, 0.05) is 19.1 Å². The second kappa shape index (κ2) is 6.96. The van der Waals surface area contributed by atoms with Gasteiger partial charge in [-0.05, 0) is 43.5 Å². The summed E-state index contributed by atoms with van der Waals surface area (Å²) in [5, 5.41) is 3.19. The summed E-state index contributed by atoms with van der Waals surface area (Å²) in [6.07, 6.45) is 5.93. The standard InChI is InChI=1S/C14H21ClN2O2/c1-2-3-7-17-8-4-11(5-9-17)16-14(18)12-6-10-19-13(12)15/h6,10-11H,2-5,7-9H2,1H3,(H,16,18). The SMILES string of the molecule is CCCCN1CCC(NC(=O)c2ccoc2Cl)CC1. The number of carbonyl (C=O) groups excluding carboxylic acids is 1. The Labute approximate surface area is 119 Å². The van der Waals surface area contributed by atoms with E-state index >= 15 is 0 Å². The Morgan fingerprint density at radius 1 is 1.53 bits per heavy atom. The number of halogens is 1. The molecule has 5 heteroatoms. The molecule has 2 rings (SSSR count). The van der Waals surface area contributed by atoms with Crippen LogP contribution in [0.3, 0.4) is 0 Å². The van der Waals surface area contributed by atoms with Gasteiger partial charge in [0.05, 0.1) is 11.8 Å². The third-order valence-electron chi connectivity index (χ3n) is 3.61. The number of nitrogens with one attached hydrogen (secondary N) is 1. The molecule has 0 saturated carbocycles. The van der Waals surface area contributed by atoms with Crippen LogP contribution in [-0.4, -0.2) is 36.5 Å². The second-order valence-corrected chi connectivity index (χ2v) is 5.39. The minimum Gasteiger partial charge on any atom is -0.452 e. The molecule has 0 aliphatic carbocycles. The van der Waals surface area contributed by atoms with Crippen LogP contribution in [0.15, 0.2) is 16.7 Å². The zero-order valence-corrected chi connectivity index (χ0v) is 12.1. The maximum absolute atomic E-state index is 12.0. The van der Waals surface area contributed by atoms with Gasteiger partial charge in [0.1, 0.15) is 0 Å². The van der Waals surface area contributed by atoms with Gasteiger partial charge >= 0.3 is 0 Å². The number of likely N-dealkylation sites (tertiary alicyclic amines) is 1. The van der Waals surface area contributed by atoms with Crippen molar-refractivity contribution in [3.05, 3.63) is 23.1 Å². The number of rotatable bonds is 5. The van der Waals surface area contributed by atoms with E-state index < -0.39 is 0 Å². The quantitative estimate of drug-likeness (QED) is 0.904. The third-order valence-corrected chi connectivity index (χ3v) is 3.91. The van der Waals surface area contributed by atoms with Crippen LogP contribution in [0, 0.1) is 0 Å². The van der Waals surface area contributed by atoms with Crippen molar-refractivity contribution in [1.82, 2.24) is 10.2 Å². The number of furan rings is 1. The van der Waals surface area contributed by atoms with Gasteiger partial charge in [-0.2, -0.15) is 0 Å². The number of carbonyl (C=O) groups is 1. The second-order valence-electron chi connectivity index (χ2n) is 5.05. The first-order valence-corrected chi connectivity index (χ1v) is 7.34. The van der Waals surface area contributed by atoms with Crippen LogP contribution >= 0.6 is 11.6 Å². The third kappa shape index (κ3) is 3.98. The molecule has 1 aromatic rings. The topological polar surface area (TPSA) is 45.5 Å². The zero-order valence-electron chi connectivity index (χ0n) is 11.3. The Hall–Kier alpha value is -1.00. The maximum Gasteiger partial charge on any atom is 0.256 e. The molecule has 106 valence electrons. The Morgan fingerprint density at radius 2 is 2.26 bits per heavy atom. The Balaban J connectivity index is 1.77. The molecule has 0 unspecified atom stereocenters. The molecule has 1 saturated heterocycles. The Bertz CT molecular complexity index is 411. The highest BCUT2D eigenvalue weighted by Gasteiger charge is 2.22. The van der Waals surface area contributed by atoms with Crippen molar-refractivity contribution in [2.45, 2.75) is 38.6 Å². The van der Waals surface area contributed by atoms with Crippen LogP contribution in [0.25, 0.3) is 0 Å². The molecular weight excluding hydrogens is 264 g/mol. The zero-order chi connectivity index (χ0) is 13.7. The number of nitrogens with zero attached hydrogens (tertiary/aromatic N) is 1. The van der Waals surface area contributed by atoms with Crippen molar-refractivity contribution in [3.63, 3.8) is 0 Å². The fraction of sp³-hybridized carbons (Fsp3) is 0.643. The van der Waals surface area contributed by atoms with Crippen LogP contribution in [0.4, 0.5) is 0 Å². The molecule has 1 aromatic heterocycles. The predicted octanol–water partition coefficient (Wildman–Crippen LogP) is 2.93. The minimum absolute atomic E-state index is 0.134. The maximum atomic E-state index is 12.0. The lowest BCUT2D eigenvalue weighted by molar-refractivity contribution is 0.0910. The van der Waals surface area contributed by atoms with E-state index in [9.17, 15) is 4.79 Å². The van der Waals surface area contributed by atoms with Gasteiger partial charge in [-0.15, -0.1) is 0 Å². The largest absolute Gasteiger partial charge is 0.452 e. The van der Waals surface area contributed by atoms with E-state index in [1.54, 1.807) is 6.07 Å². The molecule has 19 heavy (non-hydrogen) atoms. The number of unbranched alkanes of at least 4 members (excludes halogenated alkanes) is 1. The van der Waals surface area contributed by atoms with E-state index in [2.05, 4.69) is 17.1 Å².